The van der Waals surface area contributed by atoms with E-state index in [1.54, 1.807) is 6.92 Å². The minimum atomic E-state index is -1.52. The van der Waals surface area contributed by atoms with Gasteiger partial charge in [0.1, 0.15) is 22.9 Å². The summed E-state index contributed by atoms with van der Waals surface area (Å²) in [7, 11) is 0. The summed E-state index contributed by atoms with van der Waals surface area (Å²) < 4.78 is 5.56. The Morgan fingerprint density at radius 3 is 2.70 bits per heavy atom. The van der Waals surface area contributed by atoms with E-state index >= 15 is 0 Å². The molecule has 5 nitrogen and oxygen atoms in total. The van der Waals surface area contributed by atoms with Crippen molar-refractivity contribution in [3.8, 4) is 5.75 Å². The lowest BCUT2D eigenvalue weighted by atomic mass is 9.64. The van der Waals surface area contributed by atoms with Gasteiger partial charge in [0.2, 0.25) is 0 Å². The van der Waals surface area contributed by atoms with Crippen molar-refractivity contribution in [2.45, 2.75) is 38.4 Å². The molecule has 6 heteroatoms. The number of allylic oxidation sites excluding steroid dienone is 1. The van der Waals surface area contributed by atoms with Crippen molar-refractivity contribution in [3.63, 3.8) is 0 Å². The van der Waals surface area contributed by atoms with Crippen molar-refractivity contribution in [2.75, 3.05) is 0 Å². The highest BCUT2D eigenvalue weighted by atomic mass is 35.5. The molecule has 1 heterocycles. The number of carbonyl (C=O) groups excluding carboxylic acids is 2. The first-order valence-electron chi connectivity index (χ1n) is 9.00. The molecule has 1 aromatic carbocycles. The third kappa shape index (κ3) is 2.21. The summed E-state index contributed by atoms with van der Waals surface area (Å²) in [6.07, 6.45) is 1.95. The van der Waals surface area contributed by atoms with Gasteiger partial charge in [0.15, 0.2) is 5.78 Å². The molecule has 1 saturated heterocycles. The molecule has 0 spiro atoms. The predicted molar refractivity (Wildman–Crippen MR) is 100 cm³/mol. The fourth-order valence-electron chi connectivity index (χ4n) is 4.94. The zero-order valence-electron chi connectivity index (χ0n) is 15.2. The van der Waals surface area contributed by atoms with Gasteiger partial charge in [0, 0.05) is 27.7 Å². The molecule has 1 saturated carbocycles. The largest absolute Gasteiger partial charge is 0.507 e. The molecule has 3 aliphatic rings. The number of halogens is 1. The molecule has 2 N–H and O–H groups in total. The number of aliphatic hydroxyl groups is 1. The van der Waals surface area contributed by atoms with Crippen LogP contribution in [0.4, 0.5) is 0 Å². The Labute approximate surface area is 162 Å². The van der Waals surface area contributed by atoms with Crippen LogP contribution in [0.1, 0.15) is 32.3 Å². The van der Waals surface area contributed by atoms with Gasteiger partial charge in [-0.15, -0.1) is 0 Å². The summed E-state index contributed by atoms with van der Waals surface area (Å²) in [5, 5.41) is 22.3. The highest BCUT2D eigenvalue weighted by Crippen LogP contribution is 2.59. The zero-order valence-corrected chi connectivity index (χ0v) is 15.9. The van der Waals surface area contributed by atoms with Crippen LogP contribution in [0.3, 0.4) is 0 Å². The fraction of sp³-hybridized carbons (Fsp3) is 0.429. The molecule has 4 rings (SSSR count). The summed E-state index contributed by atoms with van der Waals surface area (Å²) in [5.74, 6) is -1.55. The number of phenolic OH excluding ortho intramolecular Hbond substituents is 1. The number of carbonyl (C=O) groups is 2. The summed E-state index contributed by atoms with van der Waals surface area (Å²) in [5.41, 5.74) is -2.07. The monoisotopic (exact) mass is 388 g/mol. The molecule has 1 aromatic rings. The second kappa shape index (κ2) is 5.69. The maximum absolute atomic E-state index is 13.6. The summed E-state index contributed by atoms with van der Waals surface area (Å²) in [6, 6.07) is 4.44. The van der Waals surface area contributed by atoms with E-state index in [1.807, 2.05) is 6.92 Å². The van der Waals surface area contributed by atoms with Gasteiger partial charge < -0.3 is 14.9 Å². The van der Waals surface area contributed by atoms with Crippen LogP contribution in [0, 0.1) is 17.3 Å². The molecule has 142 valence electrons. The van der Waals surface area contributed by atoms with E-state index in [9.17, 15) is 19.8 Å². The first kappa shape index (κ1) is 18.3. The molecule has 0 radical (unpaired) electrons. The summed E-state index contributed by atoms with van der Waals surface area (Å²) in [4.78, 5) is 25.7. The first-order chi connectivity index (χ1) is 12.6. The predicted octanol–water partition coefficient (Wildman–Crippen LogP) is 3.28. The number of ether oxygens (including phenoxy) is 1. The number of Topliss-reactive ketones (excluding diaryl/α,β-unsaturated/α-hetero) is 1. The maximum atomic E-state index is 13.6. The number of aromatic hydroxyl groups is 1. The van der Waals surface area contributed by atoms with Gasteiger partial charge >= 0.3 is 5.97 Å². The van der Waals surface area contributed by atoms with Crippen LogP contribution in [0.2, 0.25) is 5.02 Å². The van der Waals surface area contributed by atoms with E-state index in [2.05, 4.69) is 6.58 Å². The Bertz CT molecular complexity index is 919. The lowest BCUT2D eigenvalue weighted by Gasteiger charge is -2.43. The van der Waals surface area contributed by atoms with Gasteiger partial charge in [-0.1, -0.05) is 25.1 Å². The number of hydrogen-bond acceptors (Lipinski definition) is 5. The molecule has 0 bridgehead atoms. The molecule has 2 aliphatic carbocycles. The second-order valence-corrected chi connectivity index (χ2v) is 8.45. The van der Waals surface area contributed by atoms with Crippen LogP contribution < -0.4 is 0 Å². The van der Waals surface area contributed by atoms with Crippen LogP contribution in [-0.2, 0) is 14.3 Å². The Morgan fingerprint density at radius 1 is 1.30 bits per heavy atom. The average molecular weight is 389 g/mol. The van der Waals surface area contributed by atoms with E-state index in [4.69, 9.17) is 16.3 Å². The van der Waals surface area contributed by atoms with Gasteiger partial charge in [0.05, 0.1) is 0 Å². The van der Waals surface area contributed by atoms with Crippen LogP contribution >= 0.6 is 11.6 Å². The highest BCUT2D eigenvalue weighted by Gasteiger charge is 2.68. The van der Waals surface area contributed by atoms with Crippen LogP contribution in [0.5, 0.6) is 5.75 Å². The zero-order chi connectivity index (χ0) is 19.7. The number of hydrogen-bond donors (Lipinski definition) is 2. The van der Waals surface area contributed by atoms with Crippen LogP contribution in [-0.4, -0.2) is 33.7 Å². The van der Waals surface area contributed by atoms with Crippen LogP contribution in [0.25, 0.3) is 5.57 Å². The van der Waals surface area contributed by atoms with Crippen molar-refractivity contribution in [1.29, 1.82) is 0 Å². The number of phenols is 1. The van der Waals surface area contributed by atoms with E-state index < -0.39 is 23.1 Å². The van der Waals surface area contributed by atoms with Gasteiger partial charge in [0.25, 0.3) is 0 Å². The minimum Gasteiger partial charge on any atom is -0.507 e. The van der Waals surface area contributed by atoms with E-state index in [0.29, 0.717) is 23.4 Å². The number of fused-ring (bicyclic) bond motifs is 3. The quantitative estimate of drug-likeness (QED) is 0.569. The van der Waals surface area contributed by atoms with E-state index in [0.717, 1.165) is 0 Å². The van der Waals surface area contributed by atoms with E-state index in [-0.39, 0.29) is 34.5 Å². The summed E-state index contributed by atoms with van der Waals surface area (Å²) >= 11 is 6.05. The van der Waals surface area contributed by atoms with Gasteiger partial charge in [-0.25, -0.2) is 4.79 Å². The third-order valence-corrected chi connectivity index (χ3v) is 6.94. The van der Waals surface area contributed by atoms with Gasteiger partial charge in [-0.3, -0.25) is 4.79 Å². The Balaban J connectivity index is 1.91. The lowest BCUT2D eigenvalue weighted by Crippen LogP contribution is -2.56. The third-order valence-electron chi connectivity index (χ3n) is 6.70. The van der Waals surface area contributed by atoms with Gasteiger partial charge in [-0.05, 0) is 50.0 Å². The number of ketones is 1. The lowest BCUT2D eigenvalue weighted by molar-refractivity contribution is -0.165. The molecule has 0 amide bonds. The average Bonchev–Trinajstić information content (AvgIpc) is 3.00. The smallest absolute Gasteiger partial charge is 0.334 e. The topological polar surface area (TPSA) is 83.8 Å². The molecular weight excluding hydrogens is 368 g/mol. The van der Waals surface area contributed by atoms with Crippen molar-refractivity contribution >= 4 is 28.9 Å². The Hall–Kier alpha value is -2.11. The molecular formula is C21H21ClO5. The first-order valence-corrected chi connectivity index (χ1v) is 9.37. The van der Waals surface area contributed by atoms with Crippen molar-refractivity contribution in [2.24, 2.45) is 17.3 Å². The Morgan fingerprint density at radius 2 is 2.00 bits per heavy atom. The second-order valence-electron chi connectivity index (χ2n) is 8.01. The number of esters is 1. The van der Waals surface area contributed by atoms with Crippen molar-refractivity contribution in [1.82, 2.24) is 0 Å². The van der Waals surface area contributed by atoms with Crippen LogP contribution in [0.15, 0.2) is 36.4 Å². The molecule has 2 fully saturated rings. The summed E-state index contributed by atoms with van der Waals surface area (Å²) in [6.45, 7) is 7.37. The number of benzene rings is 1. The SMILES string of the molecule is C=C1C(=O)O[C@@H]2[C@H]1CC[C@H](C)[C@]1(O)C=C(c3cc(Cl)ccc3O)C(=O)[C@@]21C. The normalized spacial score (nSPS) is 38.1. The van der Waals surface area contributed by atoms with Crippen molar-refractivity contribution < 1.29 is 24.5 Å². The minimum absolute atomic E-state index is 0.0975. The highest BCUT2D eigenvalue weighted by molar-refractivity contribution is 6.32. The van der Waals surface area contributed by atoms with E-state index in [1.165, 1.54) is 24.3 Å². The molecule has 27 heavy (non-hydrogen) atoms. The Kier molecular flexibility index (Phi) is 3.85. The maximum Gasteiger partial charge on any atom is 0.334 e. The molecule has 0 unspecified atom stereocenters. The van der Waals surface area contributed by atoms with Crippen molar-refractivity contribution in [3.05, 3.63) is 47.0 Å². The number of rotatable bonds is 1. The standard InChI is InChI=1S/C21H21ClO5/c1-10-4-6-13-11(2)19(25)27-18(13)20(3)17(24)15(9-21(10,20)26)14-8-12(22)5-7-16(14)23/h5,7-10,13,18,23,26H,2,4,6H2,1,3H3/t10-,13-,18+,20-,21+/m0/s1. The molecule has 0 aromatic heterocycles. The fourth-order valence-corrected chi connectivity index (χ4v) is 5.11. The van der Waals surface area contributed by atoms with Gasteiger partial charge in [-0.2, -0.15) is 0 Å². The molecule has 1 aliphatic heterocycles. The molecule has 5 atom stereocenters.